The minimum absolute atomic E-state index is 0.217. The van der Waals surface area contributed by atoms with E-state index >= 15 is 0 Å². The third-order valence-corrected chi connectivity index (χ3v) is 4.19. The third-order valence-electron chi connectivity index (χ3n) is 2.54. The van der Waals surface area contributed by atoms with E-state index in [1.807, 2.05) is 31.2 Å². The van der Waals surface area contributed by atoms with Crippen LogP contribution in [0.4, 0.5) is 4.39 Å². The molecule has 0 unspecified atom stereocenters. The van der Waals surface area contributed by atoms with E-state index in [-0.39, 0.29) is 11.9 Å². The van der Waals surface area contributed by atoms with Gasteiger partial charge in [-0.3, -0.25) is 0 Å². The Kier molecular flexibility index (Phi) is 4.27. The zero-order valence-electron chi connectivity index (χ0n) is 9.86. The molecule has 2 rings (SSSR count). The van der Waals surface area contributed by atoms with Gasteiger partial charge in [0.1, 0.15) is 5.82 Å². The van der Waals surface area contributed by atoms with Crippen molar-refractivity contribution in [3.05, 3.63) is 58.9 Å². The molecule has 94 valence electrons. The maximum atomic E-state index is 13.9. The van der Waals surface area contributed by atoms with Crippen LogP contribution in [0, 0.1) is 5.82 Å². The highest BCUT2D eigenvalue weighted by molar-refractivity contribution is 7.99. The smallest absolute Gasteiger partial charge is 0.137 e. The van der Waals surface area contributed by atoms with Gasteiger partial charge < -0.3 is 5.73 Å². The summed E-state index contributed by atoms with van der Waals surface area (Å²) in [4.78, 5) is 1.37. The summed E-state index contributed by atoms with van der Waals surface area (Å²) in [6, 6.07) is 12.1. The van der Waals surface area contributed by atoms with Gasteiger partial charge in [-0.25, -0.2) is 4.39 Å². The first-order chi connectivity index (χ1) is 8.59. The normalized spacial score (nSPS) is 12.4. The largest absolute Gasteiger partial charge is 0.324 e. The lowest BCUT2D eigenvalue weighted by molar-refractivity contribution is 0.591. The van der Waals surface area contributed by atoms with Crippen LogP contribution in [0.15, 0.2) is 52.3 Å². The van der Waals surface area contributed by atoms with Gasteiger partial charge in [-0.2, -0.15) is 0 Å². The Hall–Kier alpha value is -1.03. The molecule has 0 aliphatic rings. The Bertz CT molecular complexity index is 557. The van der Waals surface area contributed by atoms with E-state index in [0.29, 0.717) is 9.92 Å². The number of halogens is 2. The van der Waals surface area contributed by atoms with E-state index in [2.05, 4.69) is 0 Å². The Morgan fingerprint density at radius 3 is 2.56 bits per heavy atom. The number of rotatable bonds is 3. The topological polar surface area (TPSA) is 26.0 Å². The van der Waals surface area contributed by atoms with Crippen molar-refractivity contribution in [2.75, 3.05) is 0 Å². The first-order valence-electron chi connectivity index (χ1n) is 5.56. The highest BCUT2D eigenvalue weighted by Gasteiger charge is 2.14. The Morgan fingerprint density at radius 2 is 1.89 bits per heavy atom. The van der Waals surface area contributed by atoms with Crippen LogP contribution in [0.5, 0.6) is 0 Å². The molecule has 0 saturated carbocycles. The molecule has 0 fully saturated rings. The van der Waals surface area contributed by atoms with Crippen molar-refractivity contribution < 1.29 is 4.39 Å². The van der Waals surface area contributed by atoms with E-state index in [0.717, 1.165) is 10.5 Å². The average Bonchev–Trinajstić information content (AvgIpc) is 2.34. The lowest BCUT2D eigenvalue weighted by Gasteiger charge is -2.13. The second-order valence-corrected chi connectivity index (χ2v) is 5.44. The van der Waals surface area contributed by atoms with Crippen LogP contribution in [-0.4, -0.2) is 0 Å². The molecule has 0 amide bonds. The number of benzene rings is 2. The molecule has 4 heteroatoms. The summed E-state index contributed by atoms with van der Waals surface area (Å²) in [6.45, 7) is 1.84. The summed E-state index contributed by atoms with van der Waals surface area (Å²) in [7, 11) is 0. The van der Waals surface area contributed by atoms with Crippen molar-refractivity contribution in [2.45, 2.75) is 22.8 Å². The van der Waals surface area contributed by atoms with Gasteiger partial charge in [0, 0.05) is 10.9 Å². The minimum Gasteiger partial charge on any atom is -0.324 e. The van der Waals surface area contributed by atoms with Gasteiger partial charge in [0.25, 0.3) is 0 Å². The zero-order chi connectivity index (χ0) is 13.1. The van der Waals surface area contributed by atoms with Crippen LogP contribution in [0.3, 0.4) is 0 Å². The highest BCUT2D eigenvalue weighted by Crippen LogP contribution is 2.37. The van der Waals surface area contributed by atoms with Crippen LogP contribution in [0.25, 0.3) is 0 Å². The SMILES string of the molecule is C[C@H](N)c1cccc(F)c1Sc1ccccc1Cl. The Balaban J connectivity index is 2.43. The van der Waals surface area contributed by atoms with Crippen LogP contribution in [0.1, 0.15) is 18.5 Å². The van der Waals surface area contributed by atoms with E-state index < -0.39 is 0 Å². The summed E-state index contributed by atoms with van der Waals surface area (Å²) in [5.41, 5.74) is 6.65. The quantitative estimate of drug-likeness (QED) is 0.886. The minimum atomic E-state index is -0.269. The molecule has 1 atom stereocenters. The zero-order valence-corrected chi connectivity index (χ0v) is 11.4. The molecule has 0 saturated heterocycles. The molecular formula is C14H13ClFNS. The van der Waals surface area contributed by atoms with Gasteiger partial charge >= 0.3 is 0 Å². The molecule has 0 aromatic heterocycles. The highest BCUT2D eigenvalue weighted by atomic mass is 35.5. The molecule has 2 N–H and O–H groups in total. The fraction of sp³-hybridized carbons (Fsp3) is 0.143. The molecular weight excluding hydrogens is 269 g/mol. The van der Waals surface area contributed by atoms with Crippen molar-refractivity contribution in [3.63, 3.8) is 0 Å². The van der Waals surface area contributed by atoms with Crippen molar-refractivity contribution in [1.82, 2.24) is 0 Å². The van der Waals surface area contributed by atoms with Crippen LogP contribution in [-0.2, 0) is 0 Å². The molecule has 2 aromatic rings. The standard InChI is InChI=1S/C14H13ClFNS/c1-9(17)10-5-4-7-12(16)14(10)18-13-8-3-2-6-11(13)15/h2-9H,17H2,1H3/t9-/m0/s1. The maximum absolute atomic E-state index is 13.9. The molecule has 0 aliphatic carbocycles. The van der Waals surface area contributed by atoms with Gasteiger partial charge in [-0.15, -0.1) is 0 Å². The van der Waals surface area contributed by atoms with Crippen molar-refractivity contribution in [3.8, 4) is 0 Å². The lowest BCUT2D eigenvalue weighted by Crippen LogP contribution is -2.07. The third kappa shape index (κ3) is 2.86. The number of nitrogens with two attached hydrogens (primary N) is 1. The second kappa shape index (κ2) is 5.74. The number of hydrogen-bond acceptors (Lipinski definition) is 2. The molecule has 18 heavy (non-hydrogen) atoms. The summed E-state index contributed by atoms with van der Waals surface area (Å²) in [5, 5.41) is 0.612. The predicted molar refractivity (Wildman–Crippen MR) is 74.6 cm³/mol. The molecule has 1 nitrogen and oxygen atoms in total. The summed E-state index contributed by atoms with van der Waals surface area (Å²) in [5.74, 6) is -0.269. The monoisotopic (exact) mass is 281 g/mol. The van der Waals surface area contributed by atoms with Gasteiger partial charge in [0.15, 0.2) is 0 Å². The van der Waals surface area contributed by atoms with Gasteiger partial charge in [0.2, 0.25) is 0 Å². The summed E-state index contributed by atoms with van der Waals surface area (Å²) < 4.78 is 13.9. The molecule has 0 heterocycles. The average molecular weight is 282 g/mol. The molecule has 0 bridgehead atoms. The molecule has 2 aromatic carbocycles. The van der Waals surface area contributed by atoms with Crippen LogP contribution < -0.4 is 5.73 Å². The Labute approximate surface area is 115 Å². The van der Waals surface area contributed by atoms with Gasteiger partial charge in [-0.1, -0.05) is 47.6 Å². The maximum Gasteiger partial charge on any atom is 0.137 e. The number of hydrogen-bond donors (Lipinski definition) is 1. The first kappa shape index (κ1) is 13.4. The van der Waals surface area contributed by atoms with Crippen LogP contribution in [0.2, 0.25) is 5.02 Å². The van der Waals surface area contributed by atoms with Crippen LogP contribution >= 0.6 is 23.4 Å². The van der Waals surface area contributed by atoms with Crippen molar-refractivity contribution >= 4 is 23.4 Å². The summed E-state index contributed by atoms with van der Waals surface area (Å²) >= 11 is 7.39. The van der Waals surface area contributed by atoms with E-state index in [1.165, 1.54) is 17.8 Å². The van der Waals surface area contributed by atoms with Crippen molar-refractivity contribution in [2.24, 2.45) is 5.73 Å². The predicted octanol–water partition coefficient (Wildman–Crippen LogP) is 4.65. The molecule has 0 radical (unpaired) electrons. The first-order valence-corrected chi connectivity index (χ1v) is 6.75. The lowest BCUT2D eigenvalue weighted by atomic mass is 10.1. The van der Waals surface area contributed by atoms with E-state index in [9.17, 15) is 4.39 Å². The van der Waals surface area contributed by atoms with Crippen molar-refractivity contribution in [1.29, 1.82) is 0 Å². The molecule has 0 aliphatic heterocycles. The van der Waals surface area contributed by atoms with Gasteiger partial charge in [0.05, 0.1) is 9.92 Å². The van der Waals surface area contributed by atoms with Gasteiger partial charge in [-0.05, 0) is 30.7 Å². The Morgan fingerprint density at radius 1 is 1.17 bits per heavy atom. The summed E-state index contributed by atoms with van der Waals surface area (Å²) in [6.07, 6.45) is 0. The molecule has 0 spiro atoms. The fourth-order valence-electron chi connectivity index (χ4n) is 1.63. The fourth-order valence-corrected chi connectivity index (χ4v) is 2.95. The van der Waals surface area contributed by atoms with E-state index in [4.69, 9.17) is 17.3 Å². The second-order valence-electron chi connectivity index (χ2n) is 3.98. The van der Waals surface area contributed by atoms with E-state index in [1.54, 1.807) is 12.1 Å².